The van der Waals surface area contributed by atoms with E-state index in [9.17, 15) is 4.39 Å². The Morgan fingerprint density at radius 3 is 2.67 bits per heavy atom. The third-order valence-electron chi connectivity index (χ3n) is 2.81. The van der Waals surface area contributed by atoms with Gasteiger partial charge >= 0.3 is 0 Å². The zero-order valence-corrected chi connectivity index (χ0v) is 11.2. The van der Waals surface area contributed by atoms with E-state index >= 15 is 0 Å². The summed E-state index contributed by atoms with van der Waals surface area (Å²) in [5.41, 5.74) is 2.70. The molecule has 0 unspecified atom stereocenters. The van der Waals surface area contributed by atoms with E-state index < -0.39 is 0 Å². The minimum absolute atomic E-state index is 0.213. The average Bonchev–Trinajstić information content (AvgIpc) is 2.81. The third kappa shape index (κ3) is 2.38. The monoisotopic (exact) mass is 267 g/mol. The second-order valence-electron chi connectivity index (χ2n) is 4.02. The molecular formula is C13H15ClFN3. The van der Waals surface area contributed by atoms with Gasteiger partial charge in [-0.3, -0.25) is 0 Å². The Labute approximate surface area is 111 Å². The first-order valence-electron chi connectivity index (χ1n) is 5.98. The SMILES string of the molecule is CCc1cc(CC)n(-c2ncc(F)cc2CCl)n1. The second-order valence-corrected chi connectivity index (χ2v) is 4.28. The Morgan fingerprint density at radius 2 is 2.06 bits per heavy atom. The van der Waals surface area contributed by atoms with Crippen molar-refractivity contribution in [1.29, 1.82) is 0 Å². The van der Waals surface area contributed by atoms with Crippen LogP contribution in [0.1, 0.15) is 30.8 Å². The molecule has 0 aliphatic rings. The Kier molecular flexibility index (Phi) is 3.97. The van der Waals surface area contributed by atoms with Crippen molar-refractivity contribution in [1.82, 2.24) is 14.8 Å². The molecule has 2 rings (SSSR count). The van der Waals surface area contributed by atoms with E-state index in [4.69, 9.17) is 11.6 Å². The number of hydrogen-bond donors (Lipinski definition) is 0. The van der Waals surface area contributed by atoms with Gasteiger partial charge in [0.1, 0.15) is 5.82 Å². The first kappa shape index (κ1) is 13.0. The molecule has 0 saturated heterocycles. The van der Waals surface area contributed by atoms with Gasteiger partial charge in [0.25, 0.3) is 0 Å². The maximum absolute atomic E-state index is 13.2. The van der Waals surface area contributed by atoms with Crippen LogP contribution in [0.5, 0.6) is 0 Å². The van der Waals surface area contributed by atoms with E-state index in [1.165, 1.54) is 12.3 Å². The molecule has 0 aliphatic heterocycles. The standard InChI is InChI=1S/C13H15ClFN3/c1-3-11-6-12(4-2)18(17-11)13-9(7-14)5-10(15)8-16-13/h5-6,8H,3-4,7H2,1-2H3. The van der Waals surface area contributed by atoms with Crippen LogP contribution in [0.25, 0.3) is 5.82 Å². The Bertz CT molecular complexity index is 551. The summed E-state index contributed by atoms with van der Waals surface area (Å²) in [6, 6.07) is 3.45. The molecule has 3 nitrogen and oxygen atoms in total. The maximum Gasteiger partial charge on any atom is 0.158 e. The highest BCUT2D eigenvalue weighted by molar-refractivity contribution is 6.17. The van der Waals surface area contributed by atoms with Gasteiger partial charge < -0.3 is 0 Å². The quantitative estimate of drug-likeness (QED) is 0.796. The van der Waals surface area contributed by atoms with Crippen molar-refractivity contribution >= 4 is 11.6 Å². The van der Waals surface area contributed by atoms with Crippen LogP contribution in [0.3, 0.4) is 0 Å². The number of rotatable bonds is 4. The molecule has 0 N–H and O–H groups in total. The van der Waals surface area contributed by atoms with Gasteiger partial charge in [-0.15, -0.1) is 11.6 Å². The molecule has 0 fully saturated rings. The normalized spacial score (nSPS) is 10.9. The summed E-state index contributed by atoms with van der Waals surface area (Å²) in [6.07, 6.45) is 2.89. The van der Waals surface area contributed by atoms with Crippen LogP contribution in [0.15, 0.2) is 18.3 Å². The summed E-state index contributed by atoms with van der Waals surface area (Å²) in [4.78, 5) is 4.12. The molecule has 96 valence electrons. The maximum atomic E-state index is 13.2. The van der Waals surface area contributed by atoms with Crippen LogP contribution in [-0.4, -0.2) is 14.8 Å². The molecule has 0 spiro atoms. The predicted octanol–water partition coefficient (Wildman–Crippen LogP) is 3.27. The minimum Gasteiger partial charge on any atom is -0.234 e. The molecule has 0 aliphatic carbocycles. The van der Waals surface area contributed by atoms with Gasteiger partial charge in [-0.05, 0) is 25.0 Å². The van der Waals surface area contributed by atoms with Crippen LogP contribution < -0.4 is 0 Å². The fourth-order valence-corrected chi connectivity index (χ4v) is 2.04. The lowest BCUT2D eigenvalue weighted by molar-refractivity contribution is 0.616. The Balaban J connectivity index is 2.56. The van der Waals surface area contributed by atoms with Crippen molar-refractivity contribution in [3.8, 4) is 5.82 Å². The predicted molar refractivity (Wildman–Crippen MR) is 69.6 cm³/mol. The lowest BCUT2D eigenvalue weighted by Gasteiger charge is -2.08. The summed E-state index contributed by atoms with van der Waals surface area (Å²) in [6.45, 7) is 4.10. The molecule has 5 heteroatoms. The Hall–Kier alpha value is -1.42. The molecule has 0 amide bonds. The van der Waals surface area contributed by atoms with Crippen LogP contribution in [0, 0.1) is 5.82 Å². The molecule has 0 atom stereocenters. The van der Waals surface area contributed by atoms with E-state index in [1.807, 2.05) is 13.0 Å². The third-order valence-corrected chi connectivity index (χ3v) is 3.10. The summed E-state index contributed by atoms with van der Waals surface area (Å²) < 4.78 is 14.9. The van der Waals surface area contributed by atoms with Crippen LogP contribution >= 0.6 is 11.6 Å². The molecule has 0 radical (unpaired) electrons. The van der Waals surface area contributed by atoms with Gasteiger partial charge in [-0.1, -0.05) is 13.8 Å². The number of pyridine rings is 1. The van der Waals surface area contributed by atoms with Gasteiger partial charge in [-0.25, -0.2) is 14.1 Å². The zero-order valence-electron chi connectivity index (χ0n) is 10.5. The van der Waals surface area contributed by atoms with E-state index in [-0.39, 0.29) is 11.7 Å². The van der Waals surface area contributed by atoms with Crippen LogP contribution in [0.2, 0.25) is 0 Å². The fourth-order valence-electron chi connectivity index (χ4n) is 1.85. The summed E-state index contributed by atoms with van der Waals surface area (Å²) in [7, 11) is 0. The highest BCUT2D eigenvalue weighted by atomic mass is 35.5. The second kappa shape index (κ2) is 5.48. The highest BCUT2D eigenvalue weighted by Gasteiger charge is 2.13. The van der Waals surface area contributed by atoms with Crippen molar-refractivity contribution in [2.24, 2.45) is 0 Å². The lowest BCUT2D eigenvalue weighted by atomic mass is 10.2. The molecular weight excluding hydrogens is 253 g/mol. The molecule has 2 aromatic heterocycles. The van der Waals surface area contributed by atoms with Crippen molar-refractivity contribution in [3.63, 3.8) is 0 Å². The molecule has 0 aromatic carbocycles. The molecule has 2 aromatic rings. The Morgan fingerprint density at radius 1 is 1.28 bits per heavy atom. The van der Waals surface area contributed by atoms with Gasteiger partial charge in [0, 0.05) is 11.3 Å². The van der Waals surface area contributed by atoms with Crippen LogP contribution in [0.4, 0.5) is 4.39 Å². The number of nitrogens with zero attached hydrogens (tertiary/aromatic N) is 3. The topological polar surface area (TPSA) is 30.7 Å². The lowest BCUT2D eigenvalue weighted by Crippen LogP contribution is -2.07. The van der Waals surface area contributed by atoms with Crippen LogP contribution in [-0.2, 0) is 18.7 Å². The number of alkyl halides is 1. The first-order valence-corrected chi connectivity index (χ1v) is 6.51. The van der Waals surface area contributed by atoms with Crippen molar-refractivity contribution in [3.05, 3.63) is 41.1 Å². The van der Waals surface area contributed by atoms with E-state index in [0.29, 0.717) is 11.4 Å². The minimum atomic E-state index is -0.379. The van der Waals surface area contributed by atoms with Crippen molar-refractivity contribution < 1.29 is 4.39 Å². The van der Waals surface area contributed by atoms with Gasteiger partial charge in [0.05, 0.1) is 17.8 Å². The number of halogens is 2. The largest absolute Gasteiger partial charge is 0.234 e. The number of aryl methyl sites for hydroxylation is 2. The smallest absolute Gasteiger partial charge is 0.158 e. The van der Waals surface area contributed by atoms with E-state index in [2.05, 4.69) is 17.0 Å². The zero-order chi connectivity index (χ0) is 13.1. The first-order chi connectivity index (χ1) is 8.69. The highest BCUT2D eigenvalue weighted by Crippen LogP contribution is 2.18. The molecule has 0 saturated carbocycles. The van der Waals surface area contributed by atoms with Gasteiger partial charge in [-0.2, -0.15) is 5.10 Å². The van der Waals surface area contributed by atoms with Gasteiger partial charge in [0.15, 0.2) is 5.82 Å². The van der Waals surface area contributed by atoms with Crippen molar-refractivity contribution in [2.75, 3.05) is 0 Å². The number of hydrogen-bond acceptors (Lipinski definition) is 2. The molecule has 2 heterocycles. The van der Waals surface area contributed by atoms with Gasteiger partial charge in [0.2, 0.25) is 0 Å². The summed E-state index contributed by atoms with van der Waals surface area (Å²) in [5, 5.41) is 4.48. The van der Waals surface area contributed by atoms with E-state index in [1.54, 1.807) is 4.68 Å². The number of aromatic nitrogens is 3. The van der Waals surface area contributed by atoms with Crippen molar-refractivity contribution in [2.45, 2.75) is 32.6 Å². The molecule has 0 bridgehead atoms. The average molecular weight is 268 g/mol. The summed E-state index contributed by atoms with van der Waals surface area (Å²) in [5.74, 6) is 0.447. The van der Waals surface area contributed by atoms with E-state index in [0.717, 1.165) is 24.2 Å². The molecule has 18 heavy (non-hydrogen) atoms. The fraction of sp³-hybridized carbons (Fsp3) is 0.385. The summed E-state index contributed by atoms with van der Waals surface area (Å²) >= 11 is 5.84.